The van der Waals surface area contributed by atoms with Crippen LogP contribution in [0.3, 0.4) is 0 Å². The van der Waals surface area contributed by atoms with Crippen LogP contribution in [0, 0.1) is 5.92 Å². The highest BCUT2D eigenvalue weighted by Gasteiger charge is 2.36. The molecule has 3 rings (SSSR count). The zero-order chi connectivity index (χ0) is 17.5. The van der Waals surface area contributed by atoms with Crippen LogP contribution in [0.1, 0.15) is 5.56 Å². The van der Waals surface area contributed by atoms with E-state index >= 15 is 0 Å². The van der Waals surface area contributed by atoms with E-state index in [-0.39, 0.29) is 18.0 Å². The van der Waals surface area contributed by atoms with Crippen LogP contribution in [0.25, 0.3) is 0 Å². The van der Waals surface area contributed by atoms with Gasteiger partial charge in [0.05, 0.1) is 10.9 Å². The smallest absolute Gasteiger partial charge is 0.320 e. The van der Waals surface area contributed by atoms with E-state index in [9.17, 15) is 13.2 Å². The Balaban J connectivity index is 1.77. The number of hydrogen-bond acceptors (Lipinski definition) is 3. The SMILES string of the molecule is CN1C(=O)N(Cc2ccc(S(C)(=O)=O)cc2)CC2C=C(I)C=CC21. The average molecular weight is 458 g/mol. The number of carbonyl (C=O) groups excluding carboxylic acids is 1. The van der Waals surface area contributed by atoms with E-state index in [1.165, 1.54) is 9.84 Å². The third-order valence-corrected chi connectivity index (χ3v) is 6.29. The van der Waals surface area contributed by atoms with Gasteiger partial charge in [-0.2, -0.15) is 0 Å². The van der Waals surface area contributed by atoms with Crippen molar-refractivity contribution in [3.63, 3.8) is 0 Å². The third kappa shape index (κ3) is 3.51. The van der Waals surface area contributed by atoms with Crippen LogP contribution in [0.5, 0.6) is 0 Å². The molecule has 0 aromatic heterocycles. The Morgan fingerprint density at radius 1 is 1.25 bits per heavy atom. The number of amides is 2. The number of rotatable bonds is 3. The molecule has 2 aliphatic rings. The highest BCUT2D eigenvalue weighted by Crippen LogP contribution is 2.30. The van der Waals surface area contributed by atoms with Crippen LogP contribution in [-0.4, -0.2) is 50.1 Å². The first kappa shape index (κ1) is 17.5. The molecule has 1 aliphatic heterocycles. The number of fused-ring (bicyclic) bond motifs is 1. The minimum absolute atomic E-state index is 0.00148. The summed E-state index contributed by atoms with van der Waals surface area (Å²) in [5.74, 6) is 0.278. The standard InChI is InChI=1S/C17H19IN2O3S/c1-19-16-8-5-14(18)9-13(16)11-20(17(19)21)10-12-3-6-15(7-4-12)24(2,22)23/h3-9,13,16H,10-11H2,1-2H3. The van der Waals surface area contributed by atoms with E-state index in [1.807, 2.05) is 18.0 Å². The molecular formula is C17H19IN2O3S. The van der Waals surface area contributed by atoms with Crippen molar-refractivity contribution in [2.24, 2.45) is 5.92 Å². The van der Waals surface area contributed by atoms with Crippen LogP contribution in [0.4, 0.5) is 4.79 Å². The summed E-state index contributed by atoms with van der Waals surface area (Å²) in [7, 11) is -1.37. The Hall–Kier alpha value is -1.35. The molecular weight excluding hydrogens is 439 g/mol. The molecule has 1 fully saturated rings. The molecule has 24 heavy (non-hydrogen) atoms. The maximum Gasteiger partial charge on any atom is 0.320 e. The van der Waals surface area contributed by atoms with Gasteiger partial charge >= 0.3 is 6.03 Å². The third-order valence-electron chi connectivity index (χ3n) is 4.44. The predicted molar refractivity (Wildman–Crippen MR) is 102 cm³/mol. The van der Waals surface area contributed by atoms with E-state index in [0.717, 1.165) is 5.56 Å². The maximum atomic E-state index is 12.6. The van der Waals surface area contributed by atoms with Gasteiger partial charge in [0.1, 0.15) is 0 Å². The summed E-state index contributed by atoms with van der Waals surface area (Å²) in [4.78, 5) is 16.5. The number of likely N-dealkylation sites (N-methyl/N-ethyl adjacent to an activating group) is 1. The van der Waals surface area contributed by atoms with Crippen molar-refractivity contribution in [3.05, 3.63) is 51.6 Å². The normalized spacial score (nSPS) is 24.0. The first-order valence-corrected chi connectivity index (χ1v) is 10.6. The fourth-order valence-electron chi connectivity index (χ4n) is 3.15. The Labute approximate surface area is 156 Å². The molecule has 2 amide bonds. The number of allylic oxidation sites excluding steroid dienone is 2. The maximum absolute atomic E-state index is 12.6. The number of hydrogen-bond donors (Lipinski definition) is 0. The Morgan fingerprint density at radius 3 is 2.54 bits per heavy atom. The Bertz CT molecular complexity index is 815. The molecule has 1 saturated heterocycles. The van der Waals surface area contributed by atoms with Crippen molar-refractivity contribution in [1.82, 2.24) is 9.80 Å². The monoisotopic (exact) mass is 458 g/mol. The van der Waals surface area contributed by atoms with Gasteiger partial charge < -0.3 is 9.80 Å². The van der Waals surface area contributed by atoms with Gasteiger partial charge in [-0.25, -0.2) is 13.2 Å². The molecule has 2 unspecified atom stereocenters. The Morgan fingerprint density at radius 2 is 1.92 bits per heavy atom. The van der Waals surface area contributed by atoms with Crippen molar-refractivity contribution in [2.45, 2.75) is 17.5 Å². The largest absolute Gasteiger partial charge is 0.321 e. The van der Waals surface area contributed by atoms with Crippen LogP contribution in [0.15, 0.2) is 51.0 Å². The fraction of sp³-hybridized carbons (Fsp3) is 0.353. The molecule has 5 nitrogen and oxygen atoms in total. The van der Waals surface area contributed by atoms with Crippen molar-refractivity contribution >= 4 is 38.5 Å². The van der Waals surface area contributed by atoms with Gasteiger partial charge in [0.15, 0.2) is 9.84 Å². The summed E-state index contributed by atoms with van der Waals surface area (Å²) in [5.41, 5.74) is 0.924. The molecule has 7 heteroatoms. The van der Waals surface area contributed by atoms with Gasteiger partial charge in [0.25, 0.3) is 0 Å². The van der Waals surface area contributed by atoms with Gasteiger partial charge in [-0.15, -0.1) is 0 Å². The first-order chi connectivity index (χ1) is 11.3. The number of nitrogens with zero attached hydrogens (tertiary/aromatic N) is 2. The predicted octanol–water partition coefficient (Wildman–Crippen LogP) is 2.83. The molecule has 0 bridgehead atoms. The van der Waals surface area contributed by atoms with Gasteiger partial charge in [0.2, 0.25) is 0 Å². The summed E-state index contributed by atoms with van der Waals surface area (Å²) in [6.45, 7) is 1.14. The fourth-order valence-corrected chi connectivity index (χ4v) is 4.45. The molecule has 0 saturated carbocycles. The summed E-state index contributed by atoms with van der Waals surface area (Å²) in [6.07, 6.45) is 7.53. The molecule has 0 radical (unpaired) electrons. The molecule has 1 aromatic carbocycles. The summed E-state index contributed by atoms with van der Waals surface area (Å²) < 4.78 is 24.3. The van der Waals surface area contributed by atoms with Crippen LogP contribution in [-0.2, 0) is 16.4 Å². The topological polar surface area (TPSA) is 57.7 Å². The van der Waals surface area contributed by atoms with Gasteiger partial charge in [-0.05, 0) is 40.3 Å². The van der Waals surface area contributed by atoms with Crippen molar-refractivity contribution in [3.8, 4) is 0 Å². The number of urea groups is 1. The highest BCUT2D eigenvalue weighted by atomic mass is 127. The zero-order valence-electron chi connectivity index (χ0n) is 13.5. The van der Waals surface area contributed by atoms with E-state index in [0.29, 0.717) is 18.0 Å². The minimum atomic E-state index is -3.20. The van der Waals surface area contributed by atoms with E-state index in [1.54, 1.807) is 29.2 Å². The summed E-state index contributed by atoms with van der Waals surface area (Å²) in [5, 5.41) is 0. The Kier molecular flexibility index (Phi) is 4.74. The average Bonchev–Trinajstić information content (AvgIpc) is 2.52. The summed E-state index contributed by atoms with van der Waals surface area (Å²) in [6, 6.07) is 6.85. The van der Waals surface area contributed by atoms with Crippen molar-refractivity contribution in [1.29, 1.82) is 0 Å². The summed E-state index contributed by atoms with van der Waals surface area (Å²) >= 11 is 2.30. The van der Waals surface area contributed by atoms with Crippen LogP contribution in [0.2, 0.25) is 0 Å². The molecule has 0 N–H and O–H groups in total. The van der Waals surface area contributed by atoms with E-state index < -0.39 is 9.84 Å². The second-order valence-electron chi connectivity index (χ2n) is 6.26. The number of benzene rings is 1. The number of carbonyl (C=O) groups is 1. The lowest BCUT2D eigenvalue weighted by Crippen LogP contribution is -2.56. The number of halogens is 1. The number of sulfone groups is 1. The van der Waals surface area contributed by atoms with E-state index in [2.05, 4.69) is 34.7 Å². The molecule has 1 aromatic rings. The van der Waals surface area contributed by atoms with Crippen molar-refractivity contribution < 1.29 is 13.2 Å². The second kappa shape index (κ2) is 6.51. The van der Waals surface area contributed by atoms with Gasteiger partial charge in [-0.3, -0.25) is 0 Å². The molecule has 1 aliphatic carbocycles. The minimum Gasteiger partial charge on any atom is -0.321 e. The highest BCUT2D eigenvalue weighted by molar-refractivity contribution is 14.1. The quantitative estimate of drug-likeness (QED) is 0.655. The second-order valence-corrected chi connectivity index (χ2v) is 9.52. The lowest BCUT2D eigenvalue weighted by atomic mass is 9.91. The molecule has 128 valence electrons. The van der Waals surface area contributed by atoms with Crippen LogP contribution < -0.4 is 0 Å². The molecule has 1 heterocycles. The molecule has 2 atom stereocenters. The van der Waals surface area contributed by atoms with Gasteiger partial charge in [-0.1, -0.05) is 30.4 Å². The van der Waals surface area contributed by atoms with Crippen LogP contribution >= 0.6 is 22.6 Å². The van der Waals surface area contributed by atoms with Gasteiger partial charge in [0, 0.05) is 35.9 Å². The molecule has 0 spiro atoms. The lowest BCUT2D eigenvalue weighted by molar-refractivity contribution is 0.102. The van der Waals surface area contributed by atoms with Crippen molar-refractivity contribution in [2.75, 3.05) is 19.8 Å². The lowest BCUT2D eigenvalue weighted by Gasteiger charge is -2.43. The first-order valence-electron chi connectivity index (χ1n) is 7.62. The van der Waals surface area contributed by atoms with E-state index in [4.69, 9.17) is 0 Å². The zero-order valence-corrected chi connectivity index (χ0v) is 16.5.